The molecule has 0 radical (unpaired) electrons. The molecule has 0 saturated heterocycles. The summed E-state index contributed by atoms with van der Waals surface area (Å²) in [5, 5.41) is 11.4. The SMILES string of the molecule is CC1CCCC(CN)(C(O)c2cc(Cl)c3c(c2)OCO3)C1. The number of benzene rings is 1. The van der Waals surface area contributed by atoms with Crippen LogP contribution in [-0.2, 0) is 0 Å². The summed E-state index contributed by atoms with van der Waals surface area (Å²) < 4.78 is 10.7. The molecule has 3 atom stereocenters. The van der Waals surface area contributed by atoms with E-state index in [0.717, 1.165) is 24.8 Å². The zero-order chi connectivity index (χ0) is 15.0. The Hall–Kier alpha value is -0.970. The van der Waals surface area contributed by atoms with Crippen molar-refractivity contribution < 1.29 is 14.6 Å². The van der Waals surface area contributed by atoms with Crippen LogP contribution in [-0.4, -0.2) is 18.4 Å². The van der Waals surface area contributed by atoms with E-state index in [9.17, 15) is 5.11 Å². The molecule has 1 fully saturated rings. The van der Waals surface area contributed by atoms with E-state index in [1.165, 1.54) is 6.42 Å². The second-order valence-corrected chi connectivity index (χ2v) is 6.81. The molecule has 3 unspecified atom stereocenters. The fraction of sp³-hybridized carbons (Fsp3) is 0.625. The number of fused-ring (bicyclic) bond motifs is 1. The predicted molar refractivity (Wildman–Crippen MR) is 81.7 cm³/mol. The van der Waals surface area contributed by atoms with E-state index < -0.39 is 6.10 Å². The van der Waals surface area contributed by atoms with Crippen molar-refractivity contribution in [3.05, 3.63) is 22.7 Å². The maximum atomic E-state index is 10.9. The van der Waals surface area contributed by atoms with Crippen LogP contribution in [0.4, 0.5) is 0 Å². The van der Waals surface area contributed by atoms with Gasteiger partial charge in [-0.15, -0.1) is 0 Å². The highest BCUT2D eigenvalue weighted by atomic mass is 35.5. The first-order chi connectivity index (χ1) is 10.1. The van der Waals surface area contributed by atoms with Crippen molar-refractivity contribution in [3.8, 4) is 11.5 Å². The van der Waals surface area contributed by atoms with Gasteiger partial charge in [-0.05, 0) is 36.5 Å². The van der Waals surface area contributed by atoms with Crippen LogP contribution in [0.5, 0.6) is 11.5 Å². The summed E-state index contributed by atoms with van der Waals surface area (Å²) in [5.74, 6) is 1.75. The molecule has 0 bridgehead atoms. The molecule has 1 aliphatic heterocycles. The number of rotatable bonds is 3. The number of halogens is 1. The smallest absolute Gasteiger partial charge is 0.231 e. The van der Waals surface area contributed by atoms with E-state index in [1.807, 2.05) is 6.07 Å². The zero-order valence-electron chi connectivity index (χ0n) is 12.3. The lowest BCUT2D eigenvalue weighted by Crippen LogP contribution is -2.40. The Bertz CT molecular complexity index is 536. The highest BCUT2D eigenvalue weighted by molar-refractivity contribution is 6.32. The normalized spacial score (nSPS) is 29.4. The van der Waals surface area contributed by atoms with Gasteiger partial charge in [0.15, 0.2) is 11.5 Å². The second-order valence-electron chi connectivity index (χ2n) is 6.41. The highest BCUT2D eigenvalue weighted by Crippen LogP contribution is 2.49. The number of hydrogen-bond donors (Lipinski definition) is 2. The molecule has 0 spiro atoms. The minimum absolute atomic E-state index is 0.174. The van der Waals surface area contributed by atoms with Gasteiger partial charge in [0.2, 0.25) is 6.79 Å². The van der Waals surface area contributed by atoms with Crippen molar-refractivity contribution >= 4 is 11.6 Å². The van der Waals surface area contributed by atoms with E-state index in [0.29, 0.717) is 29.0 Å². The first-order valence-corrected chi connectivity index (χ1v) is 7.91. The van der Waals surface area contributed by atoms with Crippen LogP contribution < -0.4 is 15.2 Å². The molecular formula is C16H22ClNO3. The summed E-state index contributed by atoms with van der Waals surface area (Å²) >= 11 is 6.23. The molecule has 1 aliphatic carbocycles. The molecule has 1 saturated carbocycles. The average Bonchev–Trinajstić information content (AvgIpc) is 2.95. The Morgan fingerprint density at radius 2 is 2.29 bits per heavy atom. The first kappa shape index (κ1) is 14.9. The lowest BCUT2D eigenvalue weighted by atomic mass is 9.65. The summed E-state index contributed by atoms with van der Waals surface area (Å²) in [6, 6.07) is 3.60. The third kappa shape index (κ3) is 2.60. The molecule has 1 heterocycles. The molecule has 5 heteroatoms. The topological polar surface area (TPSA) is 64.7 Å². The van der Waals surface area contributed by atoms with Gasteiger partial charge in [0, 0.05) is 12.0 Å². The van der Waals surface area contributed by atoms with Crippen molar-refractivity contribution in [1.82, 2.24) is 0 Å². The molecule has 1 aromatic carbocycles. The van der Waals surface area contributed by atoms with Gasteiger partial charge in [0.05, 0.1) is 11.1 Å². The molecule has 2 aliphatic rings. The molecular weight excluding hydrogens is 290 g/mol. The highest BCUT2D eigenvalue weighted by Gasteiger charge is 2.41. The van der Waals surface area contributed by atoms with Gasteiger partial charge in [0.1, 0.15) is 0 Å². The maximum absolute atomic E-state index is 10.9. The van der Waals surface area contributed by atoms with Crippen molar-refractivity contribution in [2.24, 2.45) is 17.1 Å². The predicted octanol–water partition coefficient (Wildman–Crippen LogP) is 3.26. The standard InChI is InChI=1S/C16H22ClNO3/c1-10-3-2-4-16(7-10,8-18)15(19)11-5-12(17)14-13(6-11)20-9-21-14/h5-6,10,15,19H,2-4,7-9,18H2,1H3. The van der Waals surface area contributed by atoms with E-state index in [2.05, 4.69) is 6.92 Å². The fourth-order valence-corrected chi connectivity index (χ4v) is 4.02. The van der Waals surface area contributed by atoms with E-state index >= 15 is 0 Å². The van der Waals surface area contributed by atoms with Crippen LogP contribution in [0.3, 0.4) is 0 Å². The lowest BCUT2D eigenvalue weighted by molar-refractivity contribution is -0.0131. The Morgan fingerprint density at radius 1 is 1.48 bits per heavy atom. The Balaban J connectivity index is 1.93. The summed E-state index contributed by atoms with van der Waals surface area (Å²) in [5.41, 5.74) is 6.54. The largest absolute Gasteiger partial charge is 0.454 e. The van der Waals surface area contributed by atoms with E-state index in [1.54, 1.807) is 6.07 Å². The van der Waals surface area contributed by atoms with Crippen LogP contribution in [0.2, 0.25) is 5.02 Å². The number of aliphatic hydroxyl groups excluding tert-OH is 1. The van der Waals surface area contributed by atoms with E-state index in [-0.39, 0.29) is 12.2 Å². The van der Waals surface area contributed by atoms with Crippen LogP contribution in [0.25, 0.3) is 0 Å². The summed E-state index contributed by atoms with van der Waals surface area (Å²) in [7, 11) is 0. The molecule has 0 aromatic heterocycles. The minimum atomic E-state index is -0.628. The quantitative estimate of drug-likeness (QED) is 0.899. The van der Waals surface area contributed by atoms with Gasteiger partial charge < -0.3 is 20.3 Å². The number of ether oxygens (including phenoxy) is 2. The maximum Gasteiger partial charge on any atom is 0.231 e. The van der Waals surface area contributed by atoms with Gasteiger partial charge >= 0.3 is 0 Å². The monoisotopic (exact) mass is 311 g/mol. The molecule has 21 heavy (non-hydrogen) atoms. The number of nitrogens with two attached hydrogens (primary N) is 1. The first-order valence-electron chi connectivity index (χ1n) is 7.53. The average molecular weight is 312 g/mol. The number of aliphatic hydroxyl groups is 1. The summed E-state index contributed by atoms with van der Waals surface area (Å²) in [6.45, 7) is 2.88. The van der Waals surface area contributed by atoms with Gasteiger partial charge in [-0.25, -0.2) is 0 Å². The van der Waals surface area contributed by atoms with Crippen LogP contribution in [0.1, 0.15) is 44.3 Å². The van der Waals surface area contributed by atoms with Gasteiger partial charge in [-0.1, -0.05) is 31.4 Å². The minimum Gasteiger partial charge on any atom is -0.454 e. The molecule has 116 valence electrons. The Kier molecular flexibility index (Phi) is 4.04. The zero-order valence-corrected chi connectivity index (χ0v) is 13.0. The van der Waals surface area contributed by atoms with Crippen LogP contribution in [0.15, 0.2) is 12.1 Å². The van der Waals surface area contributed by atoms with Gasteiger partial charge in [-0.2, -0.15) is 0 Å². The van der Waals surface area contributed by atoms with Gasteiger partial charge in [0.25, 0.3) is 0 Å². The molecule has 1 aromatic rings. The van der Waals surface area contributed by atoms with Crippen molar-refractivity contribution in [2.75, 3.05) is 13.3 Å². The summed E-state index contributed by atoms with van der Waals surface area (Å²) in [4.78, 5) is 0. The Labute approximate surface area is 130 Å². The molecule has 3 rings (SSSR count). The van der Waals surface area contributed by atoms with Crippen molar-refractivity contribution in [1.29, 1.82) is 0 Å². The Morgan fingerprint density at radius 3 is 3.00 bits per heavy atom. The van der Waals surface area contributed by atoms with Crippen molar-refractivity contribution in [3.63, 3.8) is 0 Å². The third-order valence-corrected chi connectivity index (χ3v) is 5.16. The fourth-order valence-electron chi connectivity index (χ4n) is 3.74. The molecule has 0 amide bonds. The molecule has 4 nitrogen and oxygen atoms in total. The lowest BCUT2D eigenvalue weighted by Gasteiger charge is -2.43. The van der Waals surface area contributed by atoms with Crippen LogP contribution in [0, 0.1) is 11.3 Å². The second kappa shape index (κ2) is 5.67. The third-order valence-electron chi connectivity index (χ3n) is 4.88. The van der Waals surface area contributed by atoms with Gasteiger partial charge in [-0.3, -0.25) is 0 Å². The number of hydrogen-bond acceptors (Lipinski definition) is 4. The van der Waals surface area contributed by atoms with Crippen molar-refractivity contribution in [2.45, 2.75) is 38.7 Å². The van der Waals surface area contributed by atoms with E-state index in [4.69, 9.17) is 26.8 Å². The van der Waals surface area contributed by atoms with Crippen LogP contribution >= 0.6 is 11.6 Å². The molecule has 3 N–H and O–H groups in total. The summed E-state index contributed by atoms with van der Waals surface area (Å²) in [6.07, 6.45) is 3.57.